The van der Waals surface area contributed by atoms with Crippen LogP contribution in [-0.2, 0) is 11.4 Å². The summed E-state index contributed by atoms with van der Waals surface area (Å²) in [5.41, 5.74) is 5.50. The van der Waals surface area contributed by atoms with E-state index in [0.29, 0.717) is 23.9 Å². The van der Waals surface area contributed by atoms with Crippen molar-refractivity contribution in [1.82, 2.24) is 10.9 Å². The molecule has 3 rings (SSSR count). The second kappa shape index (κ2) is 10.5. The summed E-state index contributed by atoms with van der Waals surface area (Å²) in [5.74, 6) is 0.0487. The third kappa shape index (κ3) is 6.40. The van der Waals surface area contributed by atoms with Crippen LogP contribution >= 0.6 is 0 Å². The van der Waals surface area contributed by atoms with Gasteiger partial charge < -0.3 is 19.3 Å². The molecule has 0 unspecified atom stereocenters. The van der Waals surface area contributed by atoms with Crippen LogP contribution in [0.1, 0.15) is 15.9 Å². The number of carbonyl (C=O) groups excluding carboxylic acids is 2. The van der Waals surface area contributed by atoms with E-state index >= 15 is 0 Å². The highest BCUT2D eigenvalue weighted by Gasteiger charge is 2.13. The van der Waals surface area contributed by atoms with Gasteiger partial charge >= 0.3 is 0 Å². The fourth-order valence-electron chi connectivity index (χ4n) is 2.58. The number of nitrogens with one attached hydrogen (secondary N) is 2. The zero-order valence-corrected chi connectivity index (χ0v) is 16.8. The number of hydrazine groups is 1. The van der Waals surface area contributed by atoms with Gasteiger partial charge in [-0.2, -0.15) is 0 Å². The van der Waals surface area contributed by atoms with Crippen molar-refractivity contribution < 1.29 is 28.9 Å². The number of benzene rings is 3. The van der Waals surface area contributed by atoms with Crippen molar-refractivity contribution >= 4 is 11.8 Å². The predicted molar refractivity (Wildman–Crippen MR) is 113 cm³/mol. The van der Waals surface area contributed by atoms with Crippen molar-refractivity contribution in [2.24, 2.45) is 0 Å². The van der Waals surface area contributed by atoms with Gasteiger partial charge in [0, 0.05) is 6.07 Å². The van der Waals surface area contributed by atoms with Crippen LogP contribution in [-0.4, -0.2) is 30.6 Å². The third-order valence-electron chi connectivity index (χ3n) is 4.21. The standard InChI is InChI=1S/C23H22N2O6/c1-29-19-11-12-20(21(26)13-19)23(28)25-24-22(27)15-31-18-9-7-17(8-10-18)30-14-16-5-3-2-4-6-16/h2-13,26H,14-15H2,1H3,(H,24,27)(H,25,28). The summed E-state index contributed by atoms with van der Waals surface area (Å²) in [6.07, 6.45) is 0. The summed E-state index contributed by atoms with van der Waals surface area (Å²) in [5, 5.41) is 9.85. The van der Waals surface area contributed by atoms with E-state index in [1.165, 1.54) is 25.3 Å². The number of ether oxygens (including phenoxy) is 3. The number of phenols is 1. The van der Waals surface area contributed by atoms with Gasteiger partial charge in [-0.3, -0.25) is 20.4 Å². The number of hydrogen-bond donors (Lipinski definition) is 3. The number of methoxy groups -OCH3 is 1. The van der Waals surface area contributed by atoms with Crippen molar-refractivity contribution in [3.8, 4) is 23.0 Å². The largest absolute Gasteiger partial charge is 0.507 e. The van der Waals surface area contributed by atoms with Gasteiger partial charge in [-0.1, -0.05) is 30.3 Å². The van der Waals surface area contributed by atoms with Gasteiger partial charge in [0.15, 0.2) is 6.61 Å². The Morgan fingerprint density at radius 1 is 0.839 bits per heavy atom. The Morgan fingerprint density at radius 2 is 1.48 bits per heavy atom. The number of phenolic OH excluding ortho intramolecular Hbond substituents is 1. The van der Waals surface area contributed by atoms with Crippen LogP contribution in [0.15, 0.2) is 72.8 Å². The summed E-state index contributed by atoms with van der Waals surface area (Å²) in [6, 6.07) is 20.8. The van der Waals surface area contributed by atoms with E-state index in [0.717, 1.165) is 5.56 Å². The molecule has 3 aromatic rings. The molecule has 0 bridgehead atoms. The first kappa shape index (κ1) is 21.5. The van der Waals surface area contributed by atoms with Crippen molar-refractivity contribution in [1.29, 1.82) is 0 Å². The molecule has 2 amide bonds. The molecule has 0 saturated carbocycles. The van der Waals surface area contributed by atoms with E-state index in [1.807, 2.05) is 30.3 Å². The lowest BCUT2D eigenvalue weighted by Crippen LogP contribution is -2.43. The van der Waals surface area contributed by atoms with Crippen molar-refractivity contribution in [3.05, 3.63) is 83.9 Å². The molecule has 0 heterocycles. The molecule has 0 aliphatic heterocycles. The quantitative estimate of drug-likeness (QED) is 0.482. The molecule has 160 valence electrons. The third-order valence-corrected chi connectivity index (χ3v) is 4.21. The molecule has 8 nitrogen and oxygen atoms in total. The molecule has 3 N–H and O–H groups in total. The Balaban J connectivity index is 1.41. The van der Waals surface area contributed by atoms with Crippen molar-refractivity contribution in [2.45, 2.75) is 6.61 Å². The van der Waals surface area contributed by atoms with Gasteiger partial charge in [0.2, 0.25) is 0 Å². The second-order valence-electron chi connectivity index (χ2n) is 6.42. The number of carbonyl (C=O) groups is 2. The maximum atomic E-state index is 12.1. The Morgan fingerprint density at radius 3 is 2.13 bits per heavy atom. The molecule has 31 heavy (non-hydrogen) atoms. The van der Waals surface area contributed by atoms with Gasteiger partial charge in [-0.25, -0.2) is 0 Å². The maximum absolute atomic E-state index is 12.1. The van der Waals surface area contributed by atoms with Crippen LogP contribution in [0.2, 0.25) is 0 Å². The first-order chi connectivity index (χ1) is 15.0. The zero-order chi connectivity index (χ0) is 22.1. The molecular weight excluding hydrogens is 400 g/mol. The summed E-state index contributed by atoms with van der Waals surface area (Å²) >= 11 is 0. The normalized spacial score (nSPS) is 10.1. The monoisotopic (exact) mass is 422 g/mol. The second-order valence-corrected chi connectivity index (χ2v) is 6.42. The number of hydrogen-bond acceptors (Lipinski definition) is 6. The van der Waals surface area contributed by atoms with Crippen LogP contribution in [0.4, 0.5) is 0 Å². The smallest absolute Gasteiger partial charge is 0.276 e. The van der Waals surface area contributed by atoms with Crippen LogP contribution < -0.4 is 25.1 Å². The molecule has 0 saturated heterocycles. The fourth-order valence-corrected chi connectivity index (χ4v) is 2.58. The predicted octanol–water partition coefficient (Wildman–Crippen LogP) is 2.82. The minimum Gasteiger partial charge on any atom is -0.507 e. The lowest BCUT2D eigenvalue weighted by atomic mass is 10.2. The van der Waals surface area contributed by atoms with E-state index in [9.17, 15) is 14.7 Å². The van der Waals surface area contributed by atoms with Crippen LogP contribution in [0.3, 0.4) is 0 Å². The molecule has 0 aromatic heterocycles. The average Bonchev–Trinajstić information content (AvgIpc) is 2.81. The SMILES string of the molecule is COc1ccc(C(=O)NNC(=O)COc2ccc(OCc3ccccc3)cc2)c(O)c1. The number of aromatic hydroxyl groups is 1. The summed E-state index contributed by atoms with van der Waals surface area (Å²) < 4.78 is 16.0. The van der Waals surface area contributed by atoms with E-state index in [4.69, 9.17) is 14.2 Å². The van der Waals surface area contributed by atoms with Crippen LogP contribution in [0, 0.1) is 0 Å². The van der Waals surface area contributed by atoms with E-state index in [-0.39, 0.29) is 17.9 Å². The van der Waals surface area contributed by atoms with Crippen LogP contribution in [0.5, 0.6) is 23.0 Å². The highest BCUT2D eigenvalue weighted by atomic mass is 16.5. The molecule has 8 heteroatoms. The molecule has 0 fully saturated rings. The van der Waals surface area contributed by atoms with Gasteiger partial charge in [0.25, 0.3) is 11.8 Å². The first-order valence-corrected chi connectivity index (χ1v) is 9.41. The Labute approximate surface area is 179 Å². The van der Waals surface area contributed by atoms with Gasteiger partial charge in [0.05, 0.1) is 12.7 Å². The molecule has 0 atom stereocenters. The van der Waals surface area contributed by atoms with E-state index < -0.39 is 11.8 Å². The Hall–Kier alpha value is -4.20. The maximum Gasteiger partial charge on any atom is 0.276 e. The van der Waals surface area contributed by atoms with E-state index in [2.05, 4.69) is 10.9 Å². The molecule has 0 aliphatic rings. The lowest BCUT2D eigenvalue weighted by molar-refractivity contribution is -0.123. The van der Waals surface area contributed by atoms with Gasteiger partial charge in [-0.05, 0) is 42.0 Å². The molecule has 0 spiro atoms. The molecule has 0 radical (unpaired) electrons. The Kier molecular flexibility index (Phi) is 7.31. The van der Waals surface area contributed by atoms with Crippen LogP contribution in [0.25, 0.3) is 0 Å². The first-order valence-electron chi connectivity index (χ1n) is 9.41. The molecule has 0 aliphatic carbocycles. The van der Waals surface area contributed by atoms with Gasteiger partial charge in [0.1, 0.15) is 29.6 Å². The van der Waals surface area contributed by atoms with Crippen molar-refractivity contribution in [2.75, 3.05) is 13.7 Å². The van der Waals surface area contributed by atoms with Crippen molar-refractivity contribution in [3.63, 3.8) is 0 Å². The van der Waals surface area contributed by atoms with Gasteiger partial charge in [-0.15, -0.1) is 0 Å². The fraction of sp³-hybridized carbons (Fsp3) is 0.130. The molecular formula is C23H22N2O6. The minimum atomic E-state index is -0.673. The minimum absolute atomic E-state index is 0.00638. The lowest BCUT2D eigenvalue weighted by Gasteiger charge is -2.11. The average molecular weight is 422 g/mol. The van der Waals surface area contributed by atoms with E-state index in [1.54, 1.807) is 24.3 Å². The highest BCUT2D eigenvalue weighted by Crippen LogP contribution is 2.23. The Bertz CT molecular complexity index is 1020. The summed E-state index contributed by atoms with van der Waals surface area (Å²) in [4.78, 5) is 24.0. The highest BCUT2D eigenvalue weighted by molar-refractivity contribution is 5.98. The number of rotatable bonds is 8. The zero-order valence-electron chi connectivity index (χ0n) is 16.8. The summed E-state index contributed by atoms with van der Waals surface area (Å²) in [7, 11) is 1.44. The molecule has 3 aromatic carbocycles. The number of amides is 2. The summed E-state index contributed by atoms with van der Waals surface area (Å²) in [6.45, 7) is 0.145. The topological polar surface area (TPSA) is 106 Å².